The third-order valence-corrected chi connectivity index (χ3v) is 2.36. The Hall–Kier alpha value is -2.69. The lowest BCUT2D eigenvalue weighted by Gasteiger charge is -2.08. The quantitative estimate of drug-likeness (QED) is 0.852. The highest BCUT2D eigenvalue weighted by molar-refractivity contribution is 6.08. The van der Waals surface area contributed by atoms with Crippen LogP contribution in [-0.2, 0) is 0 Å². The van der Waals surface area contributed by atoms with E-state index in [1.807, 2.05) is 0 Å². The Morgan fingerprint density at radius 2 is 1.89 bits per heavy atom. The predicted octanol–water partition coefficient (Wildman–Crippen LogP) is 1.43. The van der Waals surface area contributed by atoms with E-state index in [0.29, 0.717) is 11.3 Å². The van der Waals surface area contributed by atoms with Crippen molar-refractivity contribution in [2.45, 2.75) is 0 Å². The van der Waals surface area contributed by atoms with Crippen molar-refractivity contribution in [1.29, 1.82) is 0 Å². The maximum Gasteiger partial charge on any atom is 0.257 e. The zero-order chi connectivity index (χ0) is 13.0. The molecule has 5 nitrogen and oxygen atoms in total. The Labute approximate surface area is 104 Å². The van der Waals surface area contributed by atoms with Crippen molar-refractivity contribution < 1.29 is 9.59 Å². The van der Waals surface area contributed by atoms with E-state index >= 15 is 0 Å². The number of anilines is 1. The molecule has 2 aromatic rings. The first-order chi connectivity index (χ1) is 8.68. The van der Waals surface area contributed by atoms with E-state index in [4.69, 9.17) is 5.73 Å². The Bertz CT molecular complexity index is 582. The first kappa shape index (κ1) is 11.8. The van der Waals surface area contributed by atoms with Gasteiger partial charge in [-0.1, -0.05) is 12.1 Å². The number of primary amides is 1. The molecule has 2 amide bonds. The molecule has 0 radical (unpaired) electrons. The van der Waals surface area contributed by atoms with Gasteiger partial charge >= 0.3 is 0 Å². The molecule has 0 saturated carbocycles. The van der Waals surface area contributed by atoms with Crippen molar-refractivity contribution in [3.8, 4) is 0 Å². The summed E-state index contributed by atoms with van der Waals surface area (Å²) in [6.45, 7) is 0. The van der Waals surface area contributed by atoms with Crippen molar-refractivity contribution in [2.75, 3.05) is 5.32 Å². The maximum absolute atomic E-state index is 11.9. The number of para-hydroxylation sites is 1. The molecule has 0 spiro atoms. The Morgan fingerprint density at radius 3 is 2.56 bits per heavy atom. The fourth-order valence-corrected chi connectivity index (χ4v) is 1.50. The molecule has 0 saturated heterocycles. The Morgan fingerprint density at radius 1 is 1.11 bits per heavy atom. The molecule has 18 heavy (non-hydrogen) atoms. The molecule has 2 rings (SSSR count). The van der Waals surface area contributed by atoms with Crippen LogP contribution >= 0.6 is 0 Å². The van der Waals surface area contributed by atoms with Gasteiger partial charge in [-0.25, -0.2) is 0 Å². The summed E-state index contributed by atoms with van der Waals surface area (Å²) in [6.07, 6.45) is 3.02. The number of hydrogen-bond donors (Lipinski definition) is 2. The third-order valence-electron chi connectivity index (χ3n) is 2.36. The zero-order valence-electron chi connectivity index (χ0n) is 9.46. The van der Waals surface area contributed by atoms with Crippen LogP contribution in [0.4, 0.5) is 5.69 Å². The molecule has 0 bridgehead atoms. The van der Waals surface area contributed by atoms with Gasteiger partial charge in [0.2, 0.25) is 0 Å². The molecule has 0 aliphatic carbocycles. The van der Waals surface area contributed by atoms with Crippen LogP contribution in [0.5, 0.6) is 0 Å². The Balaban J connectivity index is 2.25. The van der Waals surface area contributed by atoms with E-state index in [-0.39, 0.29) is 11.5 Å². The number of pyridine rings is 1. The van der Waals surface area contributed by atoms with Crippen LogP contribution in [-0.4, -0.2) is 16.8 Å². The summed E-state index contributed by atoms with van der Waals surface area (Å²) in [5, 5.41) is 2.63. The highest BCUT2D eigenvalue weighted by Crippen LogP contribution is 2.15. The van der Waals surface area contributed by atoms with Crippen molar-refractivity contribution in [2.24, 2.45) is 5.73 Å². The van der Waals surface area contributed by atoms with E-state index in [2.05, 4.69) is 10.3 Å². The van der Waals surface area contributed by atoms with Gasteiger partial charge in [0.25, 0.3) is 11.8 Å². The normalized spacial score (nSPS) is 9.78. The number of nitrogens with zero attached hydrogens (tertiary/aromatic N) is 1. The second-order valence-corrected chi connectivity index (χ2v) is 3.61. The van der Waals surface area contributed by atoms with Crippen LogP contribution in [0.1, 0.15) is 20.7 Å². The molecule has 0 atom stereocenters. The number of nitrogens with two attached hydrogens (primary N) is 1. The highest BCUT2D eigenvalue weighted by Gasteiger charge is 2.11. The minimum absolute atomic E-state index is 0.273. The lowest BCUT2D eigenvalue weighted by Crippen LogP contribution is -2.18. The van der Waals surface area contributed by atoms with E-state index in [1.165, 1.54) is 6.20 Å². The maximum atomic E-state index is 11.9. The summed E-state index contributed by atoms with van der Waals surface area (Å²) in [4.78, 5) is 26.9. The number of benzene rings is 1. The van der Waals surface area contributed by atoms with Crippen molar-refractivity contribution in [1.82, 2.24) is 4.98 Å². The SMILES string of the molecule is NC(=O)c1ccccc1NC(=O)c1cccnc1. The van der Waals surface area contributed by atoms with Gasteiger partial charge in [-0.05, 0) is 24.3 Å². The van der Waals surface area contributed by atoms with Crippen LogP contribution in [0.3, 0.4) is 0 Å². The number of aromatic nitrogens is 1. The first-order valence-corrected chi connectivity index (χ1v) is 5.28. The van der Waals surface area contributed by atoms with E-state index in [0.717, 1.165) is 0 Å². The van der Waals surface area contributed by atoms with Gasteiger partial charge in [0.1, 0.15) is 0 Å². The number of nitrogens with one attached hydrogen (secondary N) is 1. The molecular formula is C13H11N3O2. The largest absolute Gasteiger partial charge is 0.366 e. The molecule has 0 unspecified atom stereocenters. The first-order valence-electron chi connectivity index (χ1n) is 5.28. The summed E-state index contributed by atoms with van der Waals surface area (Å²) in [5.41, 5.74) is 6.30. The van der Waals surface area contributed by atoms with E-state index < -0.39 is 5.91 Å². The Kier molecular flexibility index (Phi) is 3.33. The van der Waals surface area contributed by atoms with Gasteiger partial charge in [-0.3, -0.25) is 14.6 Å². The standard InChI is InChI=1S/C13H11N3O2/c14-12(17)10-5-1-2-6-11(10)16-13(18)9-4-3-7-15-8-9/h1-8H,(H2,14,17)(H,16,18). The van der Waals surface area contributed by atoms with Crippen LogP contribution < -0.4 is 11.1 Å². The minimum Gasteiger partial charge on any atom is -0.366 e. The molecule has 1 heterocycles. The second-order valence-electron chi connectivity index (χ2n) is 3.61. The van der Waals surface area contributed by atoms with Gasteiger partial charge in [-0.2, -0.15) is 0 Å². The molecule has 1 aromatic carbocycles. The van der Waals surface area contributed by atoms with Gasteiger partial charge < -0.3 is 11.1 Å². The lowest BCUT2D eigenvalue weighted by atomic mass is 10.1. The third kappa shape index (κ3) is 2.52. The van der Waals surface area contributed by atoms with Gasteiger partial charge in [0, 0.05) is 12.4 Å². The second kappa shape index (κ2) is 5.09. The van der Waals surface area contributed by atoms with Gasteiger partial charge in [0.15, 0.2) is 0 Å². The topological polar surface area (TPSA) is 85.1 Å². The molecule has 3 N–H and O–H groups in total. The molecule has 0 aliphatic heterocycles. The molecule has 90 valence electrons. The number of rotatable bonds is 3. The molecule has 0 fully saturated rings. The van der Waals surface area contributed by atoms with E-state index in [9.17, 15) is 9.59 Å². The van der Waals surface area contributed by atoms with Crippen LogP contribution in [0.15, 0.2) is 48.8 Å². The van der Waals surface area contributed by atoms with Crippen LogP contribution in [0.25, 0.3) is 0 Å². The van der Waals surface area contributed by atoms with Crippen molar-refractivity contribution in [3.63, 3.8) is 0 Å². The summed E-state index contributed by atoms with van der Waals surface area (Å²) in [5.74, 6) is -0.922. The molecule has 0 aliphatic rings. The summed E-state index contributed by atoms with van der Waals surface area (Å²) in [7, 11) is 0. The molecular weight excluding hydrogens is 230 g/mol. The molecule has 1 aromatic heterocycles. The average Bonchev–Trinajstić information content (AvgIpc) is 2.40. The lowest BCUT2D eigenvalue weighted by molar-refractivity contribution is 0.100. The van der Waals surface area contributed by atoms with Gasteiger partial charge in [0.05, 0.1) is 16.8 Å². The zero-order valence-corrected chi connectivity index (χ0v) is 9.46. The highest BCUT2D eigenvalue weighted by atomic mass is 16.2. The average molecular weight is 241 g/mol. The fourth-order valence-electron chi connectivity index (χ4n) is 1.50. The number of amides is 2. The summed E-state index contributed by atoms with van der Waals surface area (Å²) >= 11 is 0. The monoisotopic (exact) mass is 241 g/mol. The minimum atomic E-state index is -0.586. The van der Waals surface area contributed by atoms with Crippen LogP contribution in [0.2, 0.25) is 0 Å². The summed E-state index contributed by atoms with van der Waals surface area (Å²) in [6, 6.07) is 9.87. The van der Waals surface area contributed by atoms with Gasteiger partial charge in [-0.15, -0.1) is 0 Å². The fraction of sp³-hybridized carbons (Fsp3) is 0. The number of carbonyl (C=O) groups is 2. The predicted molar refractivity (Wildman–Crippen MR) is 67.2 cm³/mol. The number of hydrogen-bond acceptors (Lipinski definition) is 3. The van der Waals surface area contributed by atoms with Crippen molar-refractivity contribution >= 4 is 17.5 Å². The number of carbonyl (C=O) groups excluding carboxylic acids is 2. The van der Waals surface area contributed by atoms with Crippen molar-refractivity contribution in [3.05, 3.63) is 59.9 Å². The van der Waals surface area contributed by atoms with E-state index in [1.54, 1.807) is 42.6 Å². The smallest absolute Gasteiger partial charge is 0.257 e. The molecule has 5 heteroatoms. The summed E-state index contributed by atoms with van der Waals surface area (Å²) < 4.78 is 0. The van der Waals surface area contributed by atoms with Crippen LogP contribution in [0, 0.1) is 0 Å².